The van der Waals surface area contributed by atoms with Crippen molar-refractivity contribution in [3.8, 4) is 11.8 Å². The van der Waals surface area contributed by atoms with Crippen LogP contribution >= 0.6 is 22.9 Å². The first-order chi connectivity index (χ1) is 12.3. The summed E-state index contributed by atoms with van der Waals surface area (Å²) in [6.45, 7) is 1.73. The fourth-order valence-corrected chi connectivity index (χ4v) is 3.99. The van der Waals surface area contributed by atoms with E-state index in [1.54, 1.807) is 17.7 Å². The number of thiophene rings is 1. The van der Waals surface area contributed by atoms with E-state index in [4.69, 9.17) is 11.6 Å². The number of hydrogen-bond donors (Lipinski definition) is 2. The largest absolute Gasteiger partial charge is 0.365 e. The molecule has 0 bridgehead atoms. The van der Waals surface area contributed by atoms with Gasteiger partial charge >= 0.3 is 0 Å². The predicted octanol–water partition coefficient (Wildman–Crippen LogP) is 4.06. The highest BCUT2D eigenvalue weighted by Crippen LogP contribution is 2.29. The van der Waals surface area contributed by atoms with Gasteiger partial charge in [-0.2, -0.15) is 0 Å². The van der Waals surface area contributed by atoms with Gasteiger partial charge in [0, 0.05) is 11.6 Å². The van der Waals surface area contributed by atoms with Gasteiger partial charge in [-0.05, 0) is 43.1 Å². The zero-order valence-corrected chi connectivity index (χ0v) is 15.1. The molecule has 0 amide bonds. The van der Waals surface area contributed by atoms with Gasteiger partial charge in [-0.3, -0.25) is 0 Å². The Bertz CT molecular complexity index is 951. The number of rotatable bonds is 3. The lowest BCUT2D eigenvalue weighted by molar-refractivity contribution is 0.749. The molecule has 25 heavy (non-hydrogen) atoms. The Morgan fingerprint density at radius 2 is 2.28 bits per heavy atom. The minimum Gasteiger partial charge on any atom is -0.365 e. The summed E-state index contributed by atoms with van der Waals surface area (Å²) in [6, 6.07) is 10.2. The number of fused-ring (bicyclic) bond motifs is 1. The van der Waals surface area contributed by atoms with E-state index >= 15 is 0 Å². The average Bonchev–Trinajstić information content (AvgIpc) is 3.27. The normalized spacial score (nSPS) is 16.6. The van der Waals surface area contributed by atoms with E-state index in [0.29, 0.717) is 12.6 Å². The van der Waals surface area contributed by atoms with Crippen molar-refractivity contribution in [1.82, 2.24) is 15.3 Å². The summed E-state index contributed by atoms with van der Waals surface area (Å²) in [4.78, 5) is 9.78. The van der Waals surface area contributed by atoms with E-state index < -0.39 is 0 Å². The monoisotopic (exact) mass is 368 g/mol. The predicted molar refractivity (Wildman–Crippen MR) is 104 cm³/mol. The molecule has 4 rings (SSSR count). The molecule has 6 heteroatoms. The van der Waals surface area contributed by atoms with Crippen molar-refractivity contribution in [1.29, 1.82) is 0 Å². The zero-order chi connectivity index (χ0) is 17.1. The highest BCUT2D eigenvalue weighted by Gasteiger charge is 2.11. The Balaban J connectivity index is 1.55. The van der Waals surface area contributed by atoms with Crippen molar-refractivity contribution in [2.24, 2.45) is 0 Å². The van der Waals surface area contributed by atoms with Gasteiger partial charge in [0.05, 0.1) is 21.1 Å². The van der Waals surface area contributed by atoms with Crippen molar-refractivity contribution < 1.29 is 0 Å². The molecule has 0 radical (unpaired) electrons. The van der Waals surface area contributed by atoms with Crippen LogP contribution in [0.2, 0.25) is 5.02 Å². The molecule has 0 unspecified atom stereocenters. The third-order valence-corrected chi connectivity index (χ3v) is 5.37. The molecule has 0 aliphatic carbocycles. The van der Waals surface area contributed by atoms with Crippen LogP contribution < -0.4 is 10.6 Å². The fourth-order valence-electron chi connectivity index (χ4n) is 2.84. The maximum Gasteiger partial charge on any atom is 0.147 e. The van der Waals surface area contributed by atoms with Crippen LogP contribution in [0.5, 0.6) is 0 Å². The van der Waals surface area contributed by atoms with Gasteiger partial charge in [-0.25, -0.2) is 9.97 Å². The summed E-state index contributed by atoms with van der Waals surface area (Å²) in [5, 5.41) is 7.51. The first-order valence-electron chi connectivity index (χ1n) is 8.26. The molecule has 0 saturated carbocycles. The van der Waals surface area contributed by atoms with E-state index in [9.17, 15) is 0 Å². The van der Waals surface area contributed by atoms with E-state index in [1.807, 2.05) is 30.3 Å². The first kappa shape index (κ1) is 16.3. The van der Waals surface area contributed by atoms with E-state index in [-0.39, 0.29) is 0 Å². The highest BCUT2D eigenvalue weighted by molar-refractivity contribution is 7.20. The molecule has 0 spiro atoms. The minimum atomic E-state index is 0.316. The maximum absolute atomic E-state index is 6.04. The fraction of sp³-hybridized carbons (Fsp3) is 0.263. The molecule has 1 saturated heterocycles. The zero-order valence-electron chi connectivity index (χ0n) is 13.6. The number of benzene rings is 1. The van der Waals surface area contributed by atoms with Gasteiger partial charge in [-0.1, -0.05) is 35.6 Å². The van der Waals surface area contributed by atoms with E-state index in [0.717, 1.165) is 44.5 Å². The molecule has 3 aromatic rings. The van der Waals surface area contributed by atoms with Gasteiger partial charge in [0.15, 0.2) is 0 Å². The van der Waals surface area contributed by atoms with Gasteiger partial charge in [0.25, 0.3) is 0 Å². The van der Waals surface area contributed by atoms with Gasteiger partial charge in [0.1, 0.15) is 12.1 Å². The summed E-state index contributed by atoms with van der Waals surface area (Å²) in [6.07, 6.45) is 3.92. The molecular weight excluding hydrogens is 352 g/mol. The molecule has 1 fully saturated rings. The SMILES string of the molecule is Clc1cccc(CNc2ncnc3cc(C#C[C@H]4CCCN4)sc23)c1. The van der Waals surface area contributed by atoms with Crippen LogP contribution in [0.15, 0.2) is 36.7 Å². The standard InChI is InChI=1S/C19H17ClN4S/c20-14-4-1-3-13(9-14)11-22-19-18-17(23-12-24-19)10-16(25-18)7-6-15-5-2-8-21-15/h1,3-4,9-10,12,15,21H,2,5,8,11H2,(H,22,23,24)/t15-/m1/s1. The Hall–Kier alpha value is -2.13. The molecule has 1 aliphatic rings. The molecule has 2 aromatic heterocycles. The average molecular weight is 369 g/mol. The van der Waals surface area contributed by atoms with E-state index in [2.05, 4.69) is 32.4 Å². The number of nitrogens with zero attached hydrogens (tertiary/aromatic N) is 2. The quantitative estimate of drug-likeness (QED) is 0.684. The van der Waals surface area contributed by atoms with Crippen LogP contribution in [0.1, 0.15) is 23.3 Å². The van der Waals surface area contributed by atoms with Crippen molar-refractivity contribution in [3.05, 3.63) is 52.1 Å². The van der Waals surface area contributed by atoms with Crippen LogP contribution in [-0.2, 0) is 6.54 Å². The molecule has 3 heterocycles. The van der Waals surface area contributed by atoms with Gasteiger partial charge in [-0.15, -0.1) is 11.3 Å². The summed E-state index contributed by atoms with van der Waals surface area (Å²) < 4.78 is 1.04. The third kappa shape index (κ3) is 3.93. The second kappa shape index (κ2) is 7.40. The molecule has 1 atom stereocenters. The maximum atomic E-state index is 6.04. The van der Waals surface area contributed by atoms with Crippen molar-refractivity contribution in [2.45, 2.75) is 25.4 Å². The van der Waals surface area contributed by atoms with Crippen LogP contribution in [0.4, 0.5) is 5.82 Å². The van der Waals surface area contributed by atoms with Crippen LogP contribution in [0, 0.1) is 11.8 Å². The Morgan fingerprint density at radius 3 is 3.12 bits per heavy atom. The molecule has 1 aromatic carbocycles. The lowest BCUT2D eigenvalue weighted by atomic mass is 10.2. The van der Waals surface area contributed by atoms with Crippen LogP contribution in [0.3, 0.4) is 0 Å². The second-order valence-corrected chi connectivity index (χ2v) is 7.44. The third-order valence-electron chi connectivity index (χ3n) is 4.09. The molecule has 126 valence electrons. The number of anilines is 1. The summed E-state index contributed by atoms with van der Waals surface area (Å²) in [5.74, 6) is 7.42. The molecule has 2 N–H and O–H groups in total. The van der Waals surface area contributed by atoms with Crippen molar-refractivity contribution in [3.63, 3.8) is 0 Å². The smallest absolute Gasteiger partial charge is 0.147 e. The van der Waals surface area contributed by atoms with Gasteiger partial charge < -0.3 is 10.6 Å². The number of nitrogens with one attached hydrogen (secondary N) is 2. The highest BCUT2D eigenvalue weighted by atomic mass is 35.5. The van der Waals surface area contributed by atoms with Crippen LogP contribution in [-0.4, -0.2) is 22.6 Å². The summed E-state index contributed by atoms with van der Waals surface area (Å²) >= 11 is 7.67. The molecule has 4 nitrogen and oxygen atoms in total. The van der Waals surface area contributed by atoms with Crippen molar-refractivity contribution >= 4 is 39.0 Å². The summed E-state index contributed by atoms with van der Waals surface area (Å²) in [5.41, 5.74) is 2.04. The number of halogens is 1. The van der Waals surface area contributed by atoms with Crippen molar-refractivity contribution in [2.75, 3.05) is 11.9 Å². The Morgan fingerprint density at radius 1 is 1.32 bits per heavy atom. The Kier molecular flexibility index (Phi) is 4.84. The molecule has 1 aliphatic heterocycles. The topological polar surface area (TPSA) is 49.8 Å². The second-order valence-electron chi connectivity index (χ2n) is 5.95. The number of aromatic nitrogens is 2. The van der Waals surface area contributed by atoms with E-state index in [1.165, 1.54) is 6.42 Å². The minimum absolute atomic E-state index is 0.316. The molecular formula is C19H17ClN4S. The number of hydrogen-bond acceptors (Lipinski definition) is 5. The Labute approximate surface area is 155 Å². The first-order valence-corrected chi connectivity index (χ1v) is 9.45. The summed E-state index contributed by atoms with van der Waals surface area (Å²) in [7, 11) is 0. The van der Waals surface area contributed by atoms with Gasteiger partial charge in [0.2, 0.25) is 0 Å². The van der Waals surface area contributed by atoms with Crippen LogP contribution in [0.25, 0.3) is 10.2 Å². The lowest BCUT2D eigenvalue weighted by Crippen LogP contribution is -2.18. The lowest BCUT2D eigenvalue weighted by Gasteiger charge is -2.06.